The summed E-state index contributed by atoms with van der Waals surface area (Å²) in [7, 11) is 1.35. The molecule has 0 aromatic heterocycles. The van der Waals surface area contributed by atoms with Crippen LogP contribution in [0.5, 0.6) is 0 Å². The van der Waals surface area contributed by atoms with Crippen LogP contribution in [0.3, 0.4) is 0 Å². The molecule has 3 nitrogen and oxygen atoms in total. The largest absolute Gasteiger partial charge is 0.469 e. The van der Waals surface area contributed by atoms with E-state index in [1.807, 2.05) is 24.3 Å². The maximum atomic E-state index is 13.8. The third kappa shape index (κ3) is 3.95. The average molecular weight is 308 g/mol. The van der Waals surface area contributed by atoms with Crippen molar-refractivity contribution in [2.45, 2.75) is 13.0 Å². The predicted octanol–water partition coefficient (Wildman–Crippen LogP) is 3.81. The van der Waals surface area contributed by atoms with E-state index in [0.29, 0.717) is 12.2 Å². The molecular weight excluding hydrogens is 293 g/mol. The molecule has 2 aromatic carbocycles. The van der Waals surface area contributed by atoms with Crippen LogP contribution in [-0.2, 0) is 22.5 Å². The molecule has 5 heteroatoms. The Morgan fingerprint density at radius 2 is 1.90 bits per heavy atom. The zero-order valence-corrected chi connectivity index (χ0v) is 12.3. The van der Waals surface area contributed by atoms with Crippen LogP contribution in [0.15, 0.2) is 42.5 Å². The molecule has 0 aliphatic rings. The summed E-state index contributed by atoms with van der Waals surface area (Å²) in [6.45, 7) is 0.393. The minimum atomic E-state index is -0.482. The fourth-order valence-corrected chi connectivity index (χ4v) is 2.14. The number of methoxy groups -OCH3 is 1. The zero-order valence-electron chi connectivity index (χ0n) is 11.5. The summed E-state index contributed by atoms with van der Waals surface area (Å²) in [6, 6.07) is 12.2. The molecule has 0 fully saturated rings. The highest BCUT2D eigenvalue weighted by molar-refractivity contribution is 6.31. The third-order valence-electron chi connectivity index (χ3n) is 3.10. The average Bonchev–Trinajstić information content (AvgIpc) is 2.50. The monoisotopic (exact) mass is 307 g/mol. The highest BCUT2D eigenvalue weighted by Crippen LogP contribution is 2.23. The maximum Gasteiger partial charge on any atom is 0.309 e. The van der Waals surface area contributed by atoms with E-state index in [1.165, 1.54) is 13.2 Å². The lowest BCUT2D eigenvalue weighted by Crippen LogP contribution is -2.09. The number of carbonyl (C=O) groups is 1. The number of esters is 1. The van der Waals surface area contributed by atoms with Crippen molar-refractivity contribution in [2.75, 3.05) is 12.4 Å². The molecule has 0 amide bonds. The van der Waals surface area contributed by atoms with Gasteiger partial charge in [0, 0.05) is 6.54 Å². The Bertz CT molecular complexity index is 646. The topological polar surface area (TPSA) is 38.3 Å². The van der Waals surface area contributed by atoms with Gasteiger partial charge in [-0.05, 0) is 23.3 Å². The molecule has 0 bridgehead atoms. The highest BCUT2D eigenvalue weighted by Gasteiger charge is 2.09. The van der Waals surface area contributed by atoms with Crippen molar-refractivity contribution in [3.8, 4) is 0 Å². The van der Waals surface area contributed by atoms with Crippen LogP contribution in [-0.4, -0.2) is 13.1 Å². The first-order valence-electron chi connectivity index (χ1n) is 6.43. The first kappa shape index (κ1) is 15.3. The van der Waals surface area contributed by atoms with E-state index in [0.717, 1.165) is 11.1 Å². The predicted molar refractivity (Wildman–Crippen MR) is 80.9 cm³/mol. The Balaban J connectivity index is 2.13. The number of ether oxygens (including phenoxy) is 1. The molecule has 0 aliphatic heterocycles. The Hall–Kier alpha value is -2.07. The van der Waals surface area contributed by atoms with E-state index in [1.54, 1.807) is 12.1 Å². The molecule has 0 aliphatic carbocycles. The van der Waals surface area contributed by atoms with Crippen LogP contribution in [0, 0.1) is 5.82 Å². The second-order valence-electron chi connectivity index (χ2n) is 4.48. The summed E-state index contributed by atoms with van der Waals surface area (Å²) in [4.78, 5) is 11.4. The van der Waals surface area contributed by atoms with E-state index in [4.69, 9.17) is 11.6 Å². The molecule has 2 rings (SSSR count). The van der Waals surface area contributed by atoms with Gasteiger partial charge >= 0.3 is 5.97 Å². The zero-order chi connectivity index (χ0) is 15.2. The van der Waals surface area contributed by atoms with Crippen LogP contribution in [0.1, 0.15) is 11.1 Å². The molecule has 0 heterocycles. The Labute approximate surface area is 127 Å². The molecular formula is C16H15ClFNO2. The minimum absolute atomic E-state index is 0.0721. The van der Waals surface area contributed by atoms with Crippen LogP contribution in [0.4, 0.5) is 10.1 Å². The molecule has 0 atom stereocenters. The van der Waals surface area contributed by atoms with Crippen LogP contribution < -0.4 is 5.32 Å². The first-order valence-corrected chi connectivity index (χ1v) is 6.81. The van der Waals surface area contributed by atoms with Crippen molar-refractivity contribution >= 4 is 23.3 Å². The summed E-state index contributed by atoms with van der Waals surface area (Å²) in [5.41, 5.74) is 2.08. The van der Waals surface area contributed by atoms with E-state index in [-0.39, 0.29) is 17.4 Å². The molecule has 0 saturated carbocycles. The molecule has 2 aromatic rings. The Morgan fingerprint density at radius 3 is 2.62 bits per heavy atom. The Kier molecular flexibility index (Phi) is 5.17. The van der Waals surface area contributed by atoms with Crippen LogP contribution in [0.2, 0.25) is 5.02 Å². The summed E-state index contributed by atoms with van der Waals surface area (Å²) in [5.74, 6) is -0.791. The number of anilines is 1. The standard InChI is InChI=1S/C16H15ClFNO2/c1-21-15(20)9-11-5-2-3-6-12(11)10-19-14-8-4-7-13(17)16(14)18/h2-8,19H,9-10H2,1H3. The van der Waals surface area contributed by atoms with Gasteiger partial charge in [-0.2, -0.15) is 0 Å². The van der Waals surface area contributed by atoms with Crippen molar-refractivity contribution in [2.24, 2.45) is 0 Å². The number of benzene rings is 2. The van der Waals surface area contributed by atoms with E-state index in [2.05, 4.69) is 10.1 Å². The summed E-state index contributed by atoms with van der Waals surface area (Å²) in [5, 5.41) is 3.06. The van der Waals surface area contributed by atoms with Crippen molar-refractivity contribution in [3.05, 3.63) is 64.4 Å². The lowest BCUT2D eigenvalue weighted by Gasteiger charge is -2.12. The highest BCUT2D eigenvalue weighted by atomic mass is 35.5. The van der Waals surface area contributed by atoms with Gasteiger partial charge in [-0.3, -0.25) is 4.79 Å². The number of halogens is 2. The second kappa shape index (κ2) is 7.09. The molecule has 110 valence electrons. The van der Waals surface area contributed by atoms with Gasteiger partial charge in [0.2, 0.25) is 0 Å². The second-order valence-corrected chi connectivity index (χ2v) is 4.88. The molecule has 0 spiro atoms. The van der Waals surface area contributed by atoms with Crippen molar-refractivity contribution in [3.63, 3.8) is 0 Å². The van der Waals surface area contributed by atoms with Crippen LogP contribution >= 0.6 is 11.6 Å². The summed E-state index contributed by atoms with van der Waals surface area (Å²) in [6.07, 6.45) is 0.187. The third-order valence-corrected chi connectivity index (χ3v) is 3.39. The van der Waals surface area contributed by atoms with Crippen molar-refractivity contribution < 1.29 is 13.9 Å². The fourth-order valence-electron chi connectivity index (χ4n) is 1.96. The maximum absolute atomic E-state index is 13.8. The van der Waals surface area contributed by atoms with E-state index < -0.39 is 5.82 Å². The fraction of sp³-hybridized carbons (Fsp3) is 0.188. The normalized spacial score (nSPS) is 10.2. The quantitative estimate of drug-likeness (QED) is 0.854. The van der Waals surface area contributed by atoms with Crippen molar-refractivity contribution in [1.29, 1.82) is 0 Å². The van der Waals surface area contributed by atoms with Gasteiger partial charge in [0.1, 0.15) is 0 Å². The number of nitrogens with one attached hydrogen (secondary N) is 1. The number of hydrogen-bond donors (Lipinski definition) is 1. The summed E-state index contributed by atoms with van der Waals surface area (Å²) >= 11 is 5.74. The van der Waals surface area contributed by atoms with E-state index in [9.17, 15) is 9.18 Å². The van der Waals surface area contributed by atoms with Crippen LogP contribution in [0.25, 0.3) is 0 Å². The van der Waals surface area contributed by atoms with Crippen molar-refractivity contribution in [1.82, 2.24) is 0 Å². The van der Waals surface area contributed by atoms with Gasteiger partial charge in [0.05, 0.1) is 24.2 Å². The van der Waals surface area contributed by atoms with Gasteiger partial charge in [0.25, 0.3) is 0 Å². The van der Waals surface area contributed by atoms with Gasteiger partial charge in [-0.15, -0.1) is 0 Å². The smallest absolute Gasteiger partial charge is 0.309 e. The van der Waals surface area contributed by atoms with Gasteiger partial charge < -0.3 is 10.1 Å². The Morgan fingerprint density at radius 1 is 1.19 bits per heavy atom. The van der Waals surface area contributed by atoms with Gasteiger partial charge in [-0.1, -0.05) is 41.9 Å². The molecule has 0 saturated heterocycles. The van der Waals surface area contributed by atoms with E-state index >= 15 is 0 Å². The van der Waals surface area contributed by atoms with Gasteiger partial charge in [-0.25, -0.2) is 4.39 Å². The molecule has 21 heavy (non-hydrogen) atoms. The minimum Gasteiger partial charge on any atom is -0.469 e. The number of hydrogen-bond acceptors (Lipinski definition) is 3. The lowest BCUT2D eigenvalue weighted by molar-refractivity contribution is -0.139. The first-order chi connectivity index (χ1) is 10.1. The van der Waals surface area contributed by atoms with Gasteiger partial charge in [0.15, 0.2) is 5.82 Å². The number of carbonyl (C=O) groups excluding carboxylic acids is 1. The molecule has 0 radical (unpaired) electrons. The number of rotatable bonds is 5. The lowest BCUT2D eigenvalue weighted by atomic mass is 10.0. The molecule has 0 unspecified atom stereocenters. The summed E-state index contributed by atoms with van der Waals surface area (Å²) < 4.78 is 18.5. The molecule has 1 N–H and O–H groups in total. The SMILES string of the molecule is COC(=O)Cc1ccccc1CNc1cccc(Cl)c1F.